The molecular weight excluding hydrogens is 444 g/mol. The lowest BCUT2D eigenvalue weighted by molar-refractivity contribution is 0.436. The molecule has 0 spiro atoms. The van der Waals surface area contributed by atoms with Crippen LogP contribution in [0, 0.1) is 0 Å². The molecule has 2 N–H and O–H groups in total. The number of nitrogens with one attached hydrogen (secondary N) is 2. The zero-order chi connectivity index (χ0) is 23.9. The van der Waals surface area contributed by atoms with Gasteiger partial charge < -0.3 is 20.1 Å². The Kier molecular flexibility index (Phi) is 5.49. The smallest absolute Gasteiger partial charge is 0.132 e. The molecule has 0 aromatic heterocycles. The van der Waals surface area contributed by atoms with Crippen molar-refractivity contribution in [3.05, 3.63) is 118 Å². The van der Waals surface area contributed by atoms with Crippen LogP contribution in [0.5, 0.6) is 23.0 Å². The van der Waals surface area contributed by atoms with E-state index in [9.17, 15) is 0 Å². The summed E-state index contributed by atoms with van der Waals surface area (Å²) in [4.78, 5) is 0. The number of ether oxygens (including phenoxy) is 2. The van der Waals surface area contributed by atoms with Crippen molar-refractivity contribution in [2.45, 2.75) is 37.8 Å². The molecule has 6 aliphatic rings. The highest BCUT2D eigenvalue weighted by Crippen LogP contribution is 2.38. The van der Waals surface area contributed by atoms with Crippen molar-refractivity contribution in [3.8, 4) is 23.0 Å². The fraction of sp³-hybridized carbons (Fsp3) is 0.250. The molecule has 180 valence electrons. The van der Waals surface area contributed by atoms with Crippen molar-refractivity contribution in [1.82, 2.24) is 10.6 Å². The Bertz CT molecular complexity index is 1410. The van der Waals surface area contributed by atoms with Crippen molar-refractivity contribution in [2.75, 3.05) is 13.1 Å². The van der Waals surface area contributed by atoms with Crippen LogP contribution in [0.1, 0.15) is 45.5 Å². The Hall–Kier alpha value is -3.60. The third-order valence-corrected chi connectivity index (χ3v) is 7.73. The highest BCUT2D eigenvalue weighted by Gasteiger charge is 2.25. The van der Waals surface area contributed by atoms with Crippen LogP contribution in [0.3, 0.4) is 0 Å². The second-order valence-corrected chi connectivity index (χ2v) is 10.1. The molecule has 0 aliphatic carbocycles. The number of hydrogen-bond acceptors (Lipinski definition) is 4. The summed E-state index contributed by atoms with van der Waals surface area (Å²) < 4.78 is 12.9. The van der Waals surface area contributed by atoms with Crippen molar-refractivity contribution >= 4 is 0 Å². The number of benzene rings is 4. The molecule has 4 aromatic rings. The maximum atomic E-state index is 6.62. The van der Waals surface area contributed by atoms with Gasteiger partial charge in [-0.15, -0.1) is 0 Å². The van der Waals surface area contributed by atoms with Crippen molar-refractivity contribution < 1.29 is 9.47 Å². The predicted octanol–water partition coefficient (Wildman–Crippen LogP) is 6.44. The molecular formula is C32H30N2O2. The fourth-order valence-corrected chi connectivity index (χ4v) is 5.99. The van der Waals surface area contributed by atoms with E-state index in [-0.39, 0.29) is 6.04 Å². The first-order valence-corrected chi connectivity index (χ1v) is 13.0. The first-order valence-electron chi connectivity index (χ1n) is 13.0. The second kappa shape index (κ2) is 9.12. The average Bonchev–Trinajstić information content (AvgIpc) is 2.90. The highest BCUT2D eigenvalue weighted by molar-refractivity contribution is 5.49. The van der Waals surface area contributed by atoms with Gasteiger partial charge in [-0.05, 0) is 109 Å². The van der Waals surface area contributed by atoms with Crippen LogP contribution in [0.25, 0.3) is 0 Å². The molecule has 0 unspecified atom stereocenters. The van der Waals surface area contributed by atoms with E-state index in [4.69, 9.17) is 9.47 Å². The van der Waals surface area contributed by atoms with E-state index in [1.165, 1.54) is 33.4 Å². The number of hydrogen-bond donors (Lipinski definition) is 2. The summed E-state index contributed by atoms with van der Waals surface area (Å²) in [5, 5.41) is 7.47. The topological polar surface area (TPSA) is 42.5 Å². The molecule has 2 atom stereocenters. The van der Waals surface area contributed by atoms with Gasteiger partial charge in [0.2, 0.25) is 0 Å². The quantitative estimate of drug-likeness (QED) is 0.308. The molecule has 0 fully saturated rings. The molecule has 10 rings (SSSR count). The molecule has 8 bridgehead atoms. The van der Waals surface area contributed by atoms with Crippen LogP contribution in [0.4, 0.5) is 0 Å². The first-order chi connectivity index (χ1) is 17.8. The molecule has 0 saturated heterocycles. The van der Waals surface area contributed by atoms with Crippen LogP contribution in [-0.2, 0) is 25.7 Å². The molecule has 0 amide bonds. The summed E-state index contributed by atoms with van der Waals surface area (Å²) in [6.07, 6.45) is 3.85. The second-order valence-electron chi connectivity index (χ2n) is 10.1. The van der Waals surface area contributed by atoms with E-state index in [2.05, 4.69) is 89.5 Å². The van der Waals surface area contributed by atoms with E-state index in [0.29, 0.717) is 6.04 Å². The maximum absolute atomic E-state index is 6.62. The molecule has 6 heterocycles. The van der Waals surface area contributed by atoms with Gasteiger partial charge in [0.05, 0.1) is 0 Å². The van der Waals surface area contributed by atoms with Crippen molar-refractivity contribution in [3.63, 3.8) is 0 Å². The largest absolute Gasteiger partial charge is 0.457 e. The Balaban J connectivity index is 1.34. The Morgan fingerprint density at radius 3 is 2.25 bits per heavy atom. The van der Waals surface area contributed by atoms with E-state index in [1.54, 1.807) is 0 Å². The van der Waals surface area contributed by atoms with Crippen molar-refractivity contribution in [1.29, 1.82) is 0 Å². The fourth-order valence-electron chi connectivity index (χ4n) is 5.99. The molecule has 4 heteroatoms. The monoisotopic (exact) mass is 474 g/mol. The lowest BCUT2D eigenvalue weighted by Crippen LogP contribution is -2.31. The summed E-state index contributed by atoms with van der Waals surface area (Å²) in [5.74, 6) is 3.62. The van der Waals surface area contributed by atoms with Gasteiger partial charge in [-0.2, -0.15) is 0 Å². The van der Waals surface area contributed by atoms with E-state index in [0.717, 1.165) is 61.8 Å². The van der Waals surface area contributed by atoms with Gasteiger partial charge in [0, 0.05) is 17.6 Å². The zero-order valence-corrected chi connectivity index (χ0v) is 20.3. The van der Waals surface area contributed by atoms with E-state index >= 15 is 0 Å². The van der Waals surface area contributed by atoms with E-state index in [1.807, 2.05) is 6.07 Å². The minimum atomic E-state index is 0.188. The van der Waals surface area contributed by atoms with Crippen LogP contribution in [0.15, 0.2) is 84.9 Å². The minimum Gasteiger partial charge on any atom is -0.457 e. The molecule has 4 nitrogen and oxygen atoms in total. The lowest BCUT2D eigenvalue weighted by atomic mass is 9.89. The summed E-state index contributed by atoms with van der Waals surface area (Å²) in [6, 6.07) is 30.6. The summed E-state index contributed by atoms with van der Waals surface area (Å²) >= 11 is 0. The predicted molar refractivity (Wildman–Crippen MR) is 142 cm³/mol. The van der Waals surface area contributed by atoms with Crippen LogP contribution < -0.4 is 20.1 Å². The maximum Gasteiger partial charge on any atom is 0.132 e. The average molecular weight is 475 g/mol. The van der Waals surface area contributed by atoms with Gasteiger partial charge in [-0.25, -0.2) is 0 Å². The molecule has 4 aromatic carbocycles. The summed E-state index contributed by atoms with van der Waals surface area (Å²) in [7, 11) is 0. The van der Waals surface area contributed by atoms with E-state index < -0.39 is 0 Å². The van der Waals surface area contributed by atoms with Gasteiger partial charge in [0.25, 0.3) is 0 Å². The van der Waals surface area contributed by atoms with Crippen molar-refractivity contribution in [2.24, 2.45) is 0 Å². The van der Waals surface area contributed by atoms with Gasteiger partial charge in [0.1, 0.15) is 23.0 Å². The standard InChI is InChI=1S/C32H30N2O2/c1-3-22-17-26(5-1)35-25-9-7-21(8-10-25)18-29-28-12-11-27(20-24(28)14-16-33-29)36-31-6-2-4-23-13-15-34-30(19-22)32(23)31/h1-12,17,20,29-30,33-34H,13-16,18-19H2/t29-,30-/m0/s1. The molecule has 0 radical (unpaired) electrons. The van der Waals surface area contributed by atoms with Crippen LogP contribution in [0.2, 0.25) is 0 Å². The Labute approximate surface area is 212 Å². The van der Waals surface area contributed by atoms with Gasteiger partial charge in [-0.3, -0.25) is 0 Å². The minimum absolute atomic E-state index is 0.188. The Morgan fingerprint density at radius 1 is 0.583 bits per heavy atom. The third-order valence-electron chi connectivity index (χ3n) is 7.73. The summed E-state index contributed by atoms with van der Waals surface area (Å²) in [6.45, 7) is 1.95. The number of rotatable bonds is 0. The third kappa shape index (κ3) is 4.17. The van der Waals surface area contributed by atoms with Crippen LogP contribution >= 0.6 is 0 Å². The van der Waals surface area contributed by atoms with Gasteiger partial charge in [0.15, 0.2) is 0 Å². The van der Waals surface area contributed by atoms with Crippen LogP contribution in [-0.4, -0.2) is 13.1 Å². The molecule has 6 aliphatic heterocycles. The normalized spacial score (nSPS) is 20.3. The van der Waals surface area contributed by atoms with Gasteiger partial charge in [-0.1, -0.05) is 42.5 Å². The molecule has 36 heavy (non-hydrogen) atoms. The summed E-state index contributed by atoms with van der Waals surface area (Å²) in [5.41, 5.74) is 7.95. The van der Waals surface area contributed by atoms with Gasteiger partial charge >= 0.3 is 0 Å². The SMILES string of the molecule is c1cc2cc(c1)Oc1ccc(cc1)C[C@@H]1NCCc3cc(ccc31)Oc1cccc3c1[C@H](C2)NCC3. The zero-order valence-electron chi connectivity index (χ0n) is 20.3. The highest BCUT2D eigenvalue weighted by atomic mass is 16.5. The first kappa shape index (κ1) is 21.7. The lowest BCUT2D eigenvalue weighted by Gasteiger charge is -2.30. The Morgan fingerprint density at radius 2 is 1.33 bits per heavy atom. The molecule has 0 saturated carbocycles.